The Hall–Kier alpha value is -2.77. The highest BCUT2D eigenvalue weighted by atomic mass is 35.5. The van der Waals surface area contributed by atoms with E-state index in [9.17, 15) is 0 Å². The lowest BCUT2D eigenvalue weighted by atomic mass is 10.2. The summed E-state index contributed by atoms with van der Waals surface area (Å²) in [7, 11) is 0. The van der Waals surface area contributed by atoms with Crippen LogP contribution >= 0.6 is 11.6 Å². The second kappa shape index (κ2) is 6.99. The van der Waals surface area contributed by atoms with Crippen LogP contribution in [0, 0.1) is 11.3 Å². The minimum atomic E-state index is 0.482. The molecule has 5 heteroatoms. The largest absolute Gasteiger partial charge is 0.346 e. The SMILES string of the molecule is N#CCCn1cc(/C=N\Nc2cccc(Cl)c2)c2ccccc21. The minimum Gasteiger partial charge on any atom is -0.346 e. The molecule has 0 radical (unpaired) electrons. The third-order valence-corrected chi connectivity index (χ3v) is 3.74. The summed E-state index contributed by atoms with van der Waals surface area (Å²) in [6.45, 7) is 0.673. The number of nitrogens with one attached hydrogen (secondary N) is 1. The van der Waals surface area contributed by atoms with Gasteiger partial charge in [-0.15, -0.1) is 0 Å². The summed E-state index contributed by atoms with van der Waals surface area (Å²) in [5.74, 6) is 0. The van der Waals surface area contributed by atoms with Crippen LogP contribution in [0.5, 0.6) is 0 Å². The Morgan fingerprint density at radius 1 is 1.22 bits per heavy atom. The smallest absolute Gasteiger partial charge is 0.0640 e. The summed E-state index contributed by atoms with van der Waals surface area (Å²) in [6.07, 6.45) is 4.29. The van der Waals surface area contributed by atoms with Gasteiger partial charge in [0, 0.05) is 34.2 Å². The molecule has 1 heterocycles. The Kier molecular flexibility index (Phi) is 4.60. The molecular weight excluding hydrogens is 308 g/mol. The van der Waals surface area contributed by atoms with Gasteiger partial charge in [-0.05, 0) is 24.3 Å². The number of aromatic nitrogens is 1. The number of anilines is 1. The van der Waals surface area contributed by atoms with Gasteiger partial charge in [0.1, 0.15) is 0 Å². The number of hydrazone groups is 1. The second-order valence-corrected chi connectivity index (χ2v) is 5.52. The molecular formula is C18H15ClN4. The average molecular weight is 323 g/mol. The van der Waals surface area contributed by atoms with Crippen molar-refractivity contribution in [1.82, 2.24) is 4.57 Å². The average Bonchev–Trinajstić information content (AvgIpc) is 2.91. The van der Waals surface area contributed by atoms with Crippen molar-refractivity contribution in [3.8, 4) is 6.07 Å². The lowest BCUT2D eigenvalue weighted by Gasteiger charge is -2.00. The molecule has 23 heavy (non-hydrogen) atoms. The van der Waals surface area contributed by atoms with E-state index in [-0.39, 0.29) is 0 Å². The van der Waals surface area contributed by atoms with Gasteiger partial charge in [0.05, 0.1) is 24.4 Å². The van der Waals surface area contributed by atoms with Crippen molar-refractivity contribution in [3.63, 3.8) is 0 Å². The van der Waals surface area contributed by atoms with Crippen LogP contribution in [-0.4, -0.2) is 10.8 Å². The predicted octanol–water partition coefficient (Wildman–Crippen LogP) is 4.65. The number of fused-ring (bicyclic) bond motifs is 1. The number of benzene rings is 2. The van der Waals surface area contributed by atoms with Gasteiger partial charge >= 0.3 is 0 Å². The van der Waals surface area contributed by atoms with E-state index in [1.807, 2.05) is 42.6 Å². The number of para-hydroxylation sites is 1. The molecule has 0 unspecified atom stereocenters. The number of nitrogens with zero attached hydrogens (tertiary/aromatic N) is 3. The summed E-state index contributed by atoms with van der Waals surface area (Å²) in [5.41, 5.74) is 5.92. The van der Waals surface area contributed by atoms with Crippen molar-refractivity contribution >= 4 is 34.4 Å². The Morgan fingerprint density at radius 2 is 2.09 bits per heavy atom. The van der Waals surface area contributed by atoms with Crippen LogP contribution in [0.4, 0.5) is 5.69 Å². The number of aryl methyl sites for hydroxylation is 1. The Morgan fingerprint density at radius 3 is 2.91 bits per heavy atom. The van der Waals surface area contributed by atoms with Gasteiger partial charge in [-0.3, -0.25) is 5.43 Å². The molecule has 0 saturated heterocycles. The molecule has 0 fully saturated rings. The van der Waals surface area contributed by atoms with E-state index in [1.165, 1.54) is 0 Å². The van der Waals surface area contributed by atoms with Gasteiger partial charge in [0.25, 0.3) is 0 Å². The zero-order valence-corrected chi connectivity index (χ0v) is 13.2. The maximum Gasteiger partial charge on any atom is 0.0640 e. The van der Waals surface area contributed by atoms with E-state index in [0.29, 0.717) is 18.0 Å². The van der Waals surface area contributed by atoms with Crippen LogP contribution in [0.15, 0.2) is 59.8 Å². The lowest BCUT2D eigenvalue weighted by Crippen LogP contribution is -1.94. The quantitative estimate of drug-likeness (QED) is 0.549. The summed E-state index contributed by atoms with van der Waals surface area (Å²) in [4.78, 5) is 0. The highest BCUT2D eigenvalue weighted by Gasteiger charge is 2.06. The fourth-order valence-corrected chi connectivity index (χ4v) is 2.66. The van der Waals surface area contributed by atoms with Gasteiger partial charge in [0.15, 0.2) is 0 Å². The molecule has 114 valence electrons. The van der Waals surface area contributed by atoms with E-state index in [0.717, 1.165) is 22.2 Å². The van der Waals surface area contributed by atoms with E-state index in [4.69, 9.17) is 16.9 Å². The Balaban J connectivity index is 1.85. The molecule has 0 aliphatic rings. The fourth-order valence-electron chi connectivity index (χ4n) is 2.47. The first kappa shape index (κ1) is 15.1. The van der Waals surface area contributed by atoms with Crippen LogP contribution in [0.3, 0.4) is 0 Å². The van der Waals surface area contributed by atoms with Crippen LogP contribution < -0.4 is 5.43 Å². The van der Waals surface area contributed by atoms with Gasteiger partial charge in [-0.2, -0.15) is 10.4 Å². The second-order valence-electron chi connectivity index (χ2n) is 5.08. The Bertz CT molecular complexity index is 889. The molecule has 0 aliphatic carbocycles. The van der Waals surface area contributed by atoms with Gasteiger partial charge in [-0.25, -0.2) is 0 Å². The number of hydrogen-bond acceptors (Lipinski definition) is 3. The summed E-state index contributed by atoms with van der Waals surface area (Å²) >= 11 is 5.95. The highest BCUT2D eigenvalue weighted by Crippen LogP contribution is 2.20. The van der Waals surface area contributed by atoms with E-state index in [1.54, 1.807) is 6.21 Å². The first-order valence-corrected chi connectivity index (χ1v) is 7.65. The van der Waals surface area contributed by atoms with Crippen molar-refractivity contribution in [1.29, 1.82) is 5.26 Å². The molecule has 0 atom stereocenters. The molecule has 0 saturated carbocycles. The molecule has 0 aliphatic heterocycles. The molecule has 1 aromatic heterocycles. The lowest BCUT2D eigenvalue weighted by molar-refractivity contribution is 0.744. The van der Waals surface area contributed by atoms with E-state index in [2.05, 4.69) is 33.3 Å². The van der Waals surface area contributed by atoms with Crippen LogP contribution in [0.1, 0.15) is 12.0 Å². The molecule has 3 aromatic rings. The number of hydrogen-bond donors (Lipinski definition) is 1. The van der Waals surface area contributed by atoms with Gasteiger partial charge in [-0.1, -0.05) is 35.9 Å². The molecule has 0 spiro atoms. The number of halogens is 1. The molecule has 3 rings (SSSR count). The topological polar surface area (TPSA) is 53.1 Å². The maximum atomic E-state index is 8.79. The number of rotatable bonds is 5. The first-order valence-electron chi connectivity index (χ1n) is 7.27. The normalized spacial score (nSPS) is 11.0. The Labute approximate surface area is 139 Å². The van der Waals surface area contributed by atoms with Crippen molar-refractivity contribution in [2.45, 2.75) is 13.0 Å². The van der Waals surface area contributed by atoms with E-state index < -0.39 is 0 Å². The molecule has 1 N–H and O–H groups in total. The van der Waals surface area contributed by atoms with E-state index >= 15 is 0 Å². The minimum absolute atomic E-state index is 0.482. The maximum absolute atomic E-state index is 8.79. The zero-order chi connectivity index (χ0) is 16.1. The third kappa shape index (κ3) is 3.53. The van der Waals surface area contributed by atoms with Crippen LogP contribution in [0.2, 0.25) is 5.02 Å². The summed E-state index contributed by atoms with van der Waals surface area (Å²) in [5, 5.41) is 14.8. The molecule has 2 aromatic carbocycles. The predicted molar refractivity (Wildman–Crippen MR) is 94.8 cm³/mol. The third-order valence-electron chi connectivity index (χ3n) is 3.51. The molecule has 0 bridgehead atoms. The highest BCUT2D eigenvalue weighted by molar-refractivity contribution is 6.30. The molecule has 4 nitrogen and oxygen atoms in total. The van der Waals surface area contributed by atoms with Crippen molar-refractivity contribution < 1.29 is 0 Å². The van der Waals surface area contributed by atoms with Gasteiger partial charge < -0.3 is 4.57 Å². The van der Waals surface area contributed by atoms with Crippen LogP contribution in [0.25, 0.3) is 10.9 Å². The van der Waals surface area contributed by atoms with Crippen molar-refractivity contribution in [2.75, 3.05) is 5.43 Å². The van der Waals surface area contributed by atoms with Crippen LogP contribution in [-0.2, 0) is 6.54 Å². The zero-order valence-electron chi connectivity index (χ0n) is 12.4. The van der Waals surface area contributed by atoms with Gasteiger partial charge in [0.2, 0.25) is 0 Å². The summed E-state index contributed by atoms with van der Waals surface area (Å²) in [6, 6.07) is 17.7. The monoisotopic (exact) mass is 322 g/mol. The fraction of sp³-hybridized carbons (Fsp3) is 0.111. The first-order chi connectivity index (χ1) is 11.3. The summed E-state index contributed by atoms with van der Waals surface area (Å²) < 4.78 is 2.08. The molecule has 0 amide bonds. The van der Waals surface area contributed by atoms with Crippen molar-refractivity contribution in [2.24, 2.45) is 5.10 Å². The van der Waals surface area contributed by atoms with Crippen molar-refractivity contribution in [3.05, 3.63) is 65.3 Å². The standard InChI is InChI=1S/C18H15ClN4/c19-15-5-3-6-16(11-15)22-21-12-14-13-23(10-4-9-20)18-8-2-1-7-17(14)18/h1-3,5-8,11-13,22H,4,10H2/b21-12-. The number of nitriles is 1.